The van der Waals surface area contributed by atoms with E-state index in [1.807, 2.05) is 42.5 Å². The smallest absolute Gasteiger partial charge is 0.0722 e. The number of benzene rings is 2. The van der Waals surface area contributed by atoms with E-state index >= 15 is 0 Å². The number of pyridine rings is 1. The van der Waals surface area contributed by atoms with Crippen molar-refractivity contribution in [1.29, 1.82) is 0 Å². The van der Waals surface area contributed by atoms with Gasteiger partial charge in [0.05, 0.1) is 5.52 Å². The Bertz CT molecular complexity index is 704. The predicted molar refractivity (Wildman–Crippen MR) is 80.5 cm³/mol. The molecule has 0 aliphatic carbocycles. The Morgan fingerprint density at radius 2 is 1.84 bits per heavy atom. The Labute approximate surface area is 117 Å². The lowest BCUT2D eigenvalue weighted by Gasteiger charge is -2.10. The van der Waals surface area contributed by atoms with Crippen LogP contribution in [0.1, 0.15) is 5.56 Å². The molecule has 0 fully saturated rings. The van der Waals surface area contributed by atoms with Gasteiger partial charge in [-0.1, -0.05) is 35.9 Å². The van der Waals surface area contributed by atoms with Gasteiger partial charge in [0.2, 0.25) is 0 Å². The molecule has 0 radical (unpaired) electrons. The van der Waals surface area contributed by atoms with E-state index in [2.05, 4.69) is 22.4 Å². The van der Waals surface area contributed by atoms with Crippen molar-refractivity contribution in [3.63, 3.8) is 0 Å². The first-order chi connectivity index (χ1) is 9.34. The average Bonchev–Trinajstić information content (AvgIpc) is 2.46. The third-order valence-corrected chi connectivity index (χ3v) is 3.44. The molecule has 2 nitrogen and oxygen atoms in total. The number of fused-ring (bicyclic) bond motifs is 1. The lowest BCUT2D eigenvalue weighted by molar-refractivity contribution is 1.15. The number of anilines is 1. The minimum absolute atomic E-state index is 0.702. The van der Waals surface area contributed by atoms with Gasteiger partial charge in [0, 0.05) is 28.8 Å². The fourth-order valence-corrected chi connectivity index (χ4v) is 2.29. The van der Waals surface area contributed by atoms with E-state index in [4.69, 9.17) is 11.6 Å². The van der Waals surface area contributed by atoms with Gasteiger partial charge in [0.15, 0.2) is 0 Å². The third-order valence-electron chi connectivity index (χ3n) is 3.07. The third kappa shape index (κ3) is 2.54. The molecule has 0 saturated carbocycles. The number of nitrogens with one attached hydrogen (secondary N) is 1. The van der Waals surface area contributed by atoms with E-state index in [9.17, 15) is 0 Å². The lowest BCUT2D eigenvalue weighted by Crippen LogP contribution is -2.00. The van der Waals surface area contributed by atoms with Crippen LogP contribution < -0.4 is 5.32 Å². The first kappa shape index (κ1) is 12.0. The summed E-state index contributed by atoms with van der Waals surface area (Å²) in [5, 5.41) is 5.33. The number of aromatic nitrogens is 1. The van der Waals surface area contributed by atoms with E-state index in [1.165, 1.54) is 0 Å². The highest BCUT2D eigenvalue weighted by Gasteiger charge is 2.02. The molecule has 0 unspecified atom stereocenters. The van der Waals surface area contributed by atoms with Crippen molar-refractivity contribution in [3.8, 4) is 0 Å². The summed E-state index contributed by atoms with van der Waals surface area (Å²) in [5.41, 5.74) is 3.15. The summed E-state index contributed by atoms with van der Waals surface area (Å²) < 4.78 is 0. The van der Waals surface area contributed by atoms with Crippen LogP contribution in [-0.2, 0) is 6.54 Å². The van der Waals surface area contributed by atoms with Gasteiger partial charge in [-0.2, -0.15) is 0 Å². The van der Waals surface area contributed by atoms with Gasteiger partial charge < -0.3 is 5.32 Å². The van der Waals surface area contributed by atoms with E-state index in [0.717, 1.165) is 27.2 Å². The summed E-state index contributed by atoms with van der Waals surface area (Å²) >= 11 is 6.16. The number of hydrogen-bond donors (Lipinski definition) is 1. The first-order valence-corrected chi connectivity index (χ1v) is 6.53. The molecule has 3 aromatic rings. The Morgan fingerprint density at radius 3 is 2.74 bits per heavy atom. The van der Waals surface area contributed by atoms with Gasteiger partial charge in [0.25, 0.3) is 0 Å². The van der Waals surface area contributed by atoms with Crippen molar-refractivity contribution in [2.45, 2.75) is 6.54 Å². The molecule has 0 aliphatic rings. The van der Waals surface area contributed by atoms with Crippen LogP contribution >= 0.6 is 11.6 Å². The molecule has 3 heteroatoms. The van der Waals surface area contributed by atoms with Gasteiger partial charge >= 0.3 is 0 Å². The monoisotopic (exact) mass is 268 g/mol. The molecule has 1 aromatic heterocycles. The summed E-state index contributed by atoms with van der Waals surface area (Å²) in [4.78, 5) is 4.35. The van der Waals surface area contributed by atoms with Crippen LogP contribution in [-0.4, -0.2) is 4.98 Å². The quantitative estimate of drug-likeness (QED) is 0.756. The van der Waals surface area contributed by atoms with E-state index in [1.54, 1.807) is 6.20 Å². The fraction of sp³-hybridized carbons (Fsp3) is 0.0625. The molecule has 0 spiro atoms. The van der Waals surface area contributed by atoms with Crippen LogP contribution in [0, 0.1) is 0 Å². The maximum absolute atomic E-state index is 6.16. The van der Waals surface area contributed by atoms with Gasteiger partial charge in [-0.3, -0.25) is 4.98 Å². The first-order valence-electron chi connectivity index (χ1n) is 6.15. The molecule has 0 saturated heterocycles. The van der Waals surface area contributed by atoms with E-state index < -0.39 is 0 Å². The molecule has 1 N–H and O–H groups in total. The largest absolute Gasteiger partial charge is 0.380 e. The Morgan fingerprint density at radius 1 is 0.947 bits per heavy atom. The minimum Gasteiger partial charge on any atom is -0.380 e. The Kier molecular flexibility index (Phi) is 3.34. The van der Waals surface area contributed by atoms with Crippen molar-refractivity contribution < 1.29 is 0 Å². The second kappa shape index (κ2) is 5.29. The topological polar surface area (TPSA) is 24.9 Å². The van der Waals surface area contributed by atoms with Crippen molar-refractivity contribution >= 4 is 28.2 Å². The zero-order valence-corrected chi connectivity index (χ0v) is 11.1. The van der Waals surface area contributed by atoms with Gasteiger partial charge in [0.1, 0.15) is 0 Å². The van der Waals surface area contributed by atoms with Crippen LogP contribution in [0.2, 0.25) is 5.02 Å². The molecule has 0 aliphatic heterocycles. The second-order valence-corrected chi connectivity index (χ2v) is 4.73. The predicted octanol–water partition coefficient (Wildman–Crippen LogP) is 4.50. The zero-order chi connectivity index (χ0) is 13.1. The maximum atomic E-state index is 6.16. The second-order valence-electron chi connectivity index (χ2n) is 4.32. The van der Waals surface area contributed by atoms with Crippen LogP contribution in [0.3, 0.4) is 0 Å². The maximum Gasteiger partial charge on any atom is 0.0722 e. The number of rotatable bonds is 3. The molecule has 0 amide bonds. The van der Waals surface area contributed by atoms with Gasteiger partial charge in [-0.15, -0.1) is 0 Å². The van der Waals surface area contributed by atoms with Crippen LogP contribution in [0.4, 0.5) is 5.69 Å². The molecule has 19 heavy (non-hydrogen) atoms. The Balaban J connectivity index is 1.88. The molecule has 0 atom stereocenters. The average molecular weight is 269 g/mol. The summed E-state index contributed by atoms with van der Waals surface area (Å²) in [6, 6.07) is 17.9. The Hall–Kier alpha value is -2.06. The highest BCUT2D eigenvalue weighted by Crippen LogP contribution is 2.23. The zero-order valence-electron chi connectivity index (χ0n) is 10.3. The van der Waals surface area contributed by atoms with Crippen LogP contribution in [0.5, 0.6) is 0 Å². The van der Waals surface area contributed by atoms with E-state index in [-0.39, 0.29) is 0 Å². The molecule has 3 rings (SSSR count). The standard InChI is InChI=1S/C16H13ClN2/c17-14-7-2-1-5-12(14)11-19-16-9-3-8-15-13(16)6-4-10-18-15/h1-10,19H,11H2. The number of hydrogen-bond acceptors (Lipinski definition) is 2. The fourth-order valence-electron chi connectivity index (χ4n) is 2.09. The summed E-state index contributed by atoms with van der Waals surface area (Å²) in [7, 11) is 0. The van der Waals surface area contributed by atoms with Gasteiger partial charge in [-0.25, -0.2) is 0 Å². The molecule has 94 valence electrons. The summed E-state index contributed by atoms with van der Waals surface area (Å²) in [5.74, 6) is 0. The van der Waals surface area contributed by atoms with Crippen LogP contribution in [0.25, 0.3) is 10.9 Å². The molecule has 1 heterocycles. The van der Waals surface area contributed by atoms with Gasteiger partial charge in [-0.05, 0) is 35.9 Å². The normalized spacial score (nSPS) is 10.6. The van der Waals surface area contributed by atoms with Crippen LogP contribution in [0.15, 0.2) is 60.8 Å². The highest BCUT2D eigenvalue weighted by molar-refractivity contribution is 6.31. The van der Waals surface area contributed by atoms with Crippen molar-refractivity contribution in [3.05, 3.63) is 71.4 Å². The highest BCUT2D eigenvalue weighted by atomic mass is 35.5. The minimum atomic E-state index is 0.702. The SMILES string of the molecule is Clc1ccccc1CNc1cccc2ncccc12. The number of halogens is 1. The summed E-state index contributed by atoms with van der Waals surface area (Å²) in [6.07, 6.45) is 1.81. The molecule has 2 aromatic carbocycles. The molecular formula is C16H13ClN2. The molecular weight excluding hydrogens is 256 g/mol. The van der Waals surface area contributed by atoms with Crippen molar-refractivity contribution in [1.82, 2.24) is 4.98 Å². The van der Waals surface area contributed by atoms with Crippen molar-refractivity contribution in [2.24, 2.45) is 0 Å². The summed E-state index contributed by atoms with van der Waals surface area (Å²) in [6.45, 7) is 0.702. The van der Waals surface area contributed by atoms with Crippen molar-refractivity contribution in [2.75, 3.05) is 5.32 Å². The van der Waals surface area contributed by atoms with E-state index in [0.29, 0.717) is 6.54 Å². The lowest BCUT2D eigenvalue weighted by atomic mass is 10.1. The molecule has 0 bridgehead atoms. The number of nitrogens with zero attached hydrogens (tertiary/aromatic N) is 1.